The van der Waals surface area contributed by atoms with Crippen molar-refractivity contribution < 1.29 is 44.5 Å². The van der Waals surface area contributed by atoms with Gasteiger partial charge in [0.1, 0.15) is 30.7 Å². The van der Waals surface area contributed by atoms with E-state index < -0.39 is 60.4 Å². The van der Waals surface area contributed by atoms with Crippen LogP contribution in [0, 0.1) is 45.3 Å². The summed E-state index contributed by atoms with van der Waals surface area (Å²) in [4.78, 5) is 13.7. The van der Waals surface area contributed by atoms with Crippen LogP contribution in [0.1, 0.15) is 93.4 Å². The van der Waals surface area contributed by atoms with Crippen LogP contribution in [-0.2, 0) is 19.0 Å². The number of carbonyl (C=O) groups excluding carboxylic acids is 1. The number of carbonyl (C=O) groups is 1. The van der Waals surface area contributed by atoms with Crippen LogP contribution in [-0.4, -0.2) is 94.6 Å². The van der Waals surface area contributed by atoms with E-state index >= 15 is 0 Å². The van der Waals surface area contributed by atoms with Gasteiger partial charge in [0, 0.05) is 23.9 Å². The lowest BCUT2D eigenvalue weighted by Crippen LogP contribution is -2.66. The van der Waals surface area contributed by atoms with E-state index in [2.05, 4.69) is 46.8 Å². The van der Waals surface area contributed by atoms with E-state index in [9.17, 15) is 30.3 Å². The molecule has 15 unspecified atom stereocenters. The lowest BCUT2D eigenvalue weighted by atomic mass is 9.38. The minimum atomic E-state index is -1.57. The van der Waals surface area contributed by atoms with E-state index in [1.54, 1.807) is 7.11 Å². The molecule has 0 aromatic carbocycles. The molecule has 5 N–H and O–H groups in total. The number of rotatable bonds is 9. The summed E-state index contributed by atoms with van der Waals surface area (Å²) in [6.45, 7) is 14.8. The molecule has 262 valence electrons. The predicted octanol–water partition coefficient (Wildman–Crippen LogP) is 3.93. The Morgan fingerprint density at radius 2 is 1.70 bits per heavy atom. The molecule has 9 heteroatoms. The van der Waals surface area contributed by atoms with Crippen LogP contribution in [0.25, 0.3) is 0 Å². The maximum absolute atomic E-state index is 13.7. The van der Waals surface area contributed by atoms with Gasteiger partial charge in [-0.25, -0.2) is 0 Å². The fourth-order valence-electron chi connectivity index (χ4n) is 11.1. The third kappa shape index (κ3) is 5.49. The van der Waals surface area contributed by atoms with Crippen molar-refractivity contribution >= 4 is 6.29 Å². The molecule has 0 aromatic rings. The molecule has 5 rings (SSSR count). The van der Waals surface area contributed by atoms with E-state index in [-0.39, 0.29) is 28.8 Å². The van der Waals surface area contributed by atoms with Crippen molar-refractivity contribution in [1.82, 2.24) is 0 Å². The van der Waals surface area contributed by atoms with Gasteiger partial charge in [0.15, 0.2) is 6.29 Å². The van der Waals surface area contributed by atoms with Crippen LogP contribution >= 0.6 is 0 Å². The number of methoxy groups -OCH3 is 1. The number of aliphatic hydroxyl groups excluding tert-OH is 5. The first-order valence-corrected chi connectivity index (χ1v) is 17.5. The second-order valence-corrected chi connectivity index (χ2v) is 16.7. The molecule has 0 aromatic heterocycles. The molecule has 0 spiro atoms. The van der Waals surface area contributed by atoms with Gasteiger partial charge in [-0.2, -0.15) is 0 Å². The Labute approximate surface area is 275 Å². The summed E-state index contributed by atoms with van der Waals surface area (Å²) in [6, 6.07) is 0. The molecular formula is C37H60O9. The van der Waals surface area contributed by atoms with Gasteiger partial charge in [-0.15, -0.1) is 0 Å². The van der Waals surface area contributed by atoms with E-state index in [0.717, 1.165) is 31.3 Å². The number of ether oxygens (including phenoxy) is 3. The van der Waals surface area contributed by atoms with E-state index in [0.29, 0.717) is 31.1 Å². The van der Waals surface area contributed by atoms with E-state index in [1.807, 2.05) is 13.8 Å². The highest BCUT2D eigenvalue weighted by molar-refractivity contribution is 5.65. The summed E-state index contributed by atoms with van der Waals surface area (Å²) < 4.78 is 18.5. The monoisotopic (exact) mass is 648 g/mol. The van der Waals surface area contributed by atoms with E-state index in [4.69, 9.17) is 14.2 Å². The third-order valence-electron chi connectivity index (χ3n) is 13.9. The molecular weight excluding hydrogens is 588 g/mol. The average molecular weight is 649 g/mol. The minimum Gasteiger partial charge on any atom is -0.394 e. The predicted molar refractivity (Wildman–Crippen MR) is 173 cm³/mol. The Balaban J connectivity index is 1.59. The summed E-state index contributed by atoms with van der Waals surface area (Å²) in [5.74, 6) is 0.473. The van der Waals surface area contributed by atoms with Gasteiger partial charge in [-0.05, 0) is 87.4 Å². The third-order valence-corrected chi connectivity index (χ3v) is 13.9. The quantitative estimate of drug-likeness (QED) is 0.185. The zero-order chi connectivity index (χ0) is 34.0. The molecule has 0 amide bonds. The smallest absolute Gasteiger partial charge is 0.187 e. The zero-order valence-electron chi connectivity index (χ0n) is 29.2. The average Bonchev–Trinajstić information content (AvgIpc) is 3.29. The number of aliphatic hydroxyl groups is 5. The van der Waals surface area contributed by atoms with Gasteiger partial charge < -0.3 is 44.5 Å². The zero-order valence-corrected chi connectivity index (χ0v) is 29.2. The highest BCUT2D eigenvalue weighted by Crippen LogP contribution is 2.75. The Morgan fingerprint density at radius 3 is 2.30 bits per heavy atom. The van der Waals surface area contributed by atoms with Crippen LogP contribution in [0.3, 0.4) is 0 Å². The second kappa shape index (κ2) is 12.9. The normalized spacial score (nSPS) is 47.9. The van der Waals surface area contributed by atoms with Crippen LogP contribution < -0.4 is 0 Å². The number of allylic oxidation sites excluding steroid dienone is 1. The standard InChI is InChI=1S/C37H60O9/c1-20(2)15-22(44-8)16-21(3)23-11-12-36(7)32-26(45-33-31(43)30(42)29(41)27(18-38)46-33)17-25-24(9-10-28(40)34(25,4)5)37(32,19-39)14-13-35(23,36)6/h15,17,19,21-24,26-33,38,40-43H,9-14,16,18H2,1-8H3. The van der Waals surface area contributed by atoms with Crippen LogP contribution in [0.5, 0.6) is 0 Å². The summed E-state index contributed by atoms with van der Waals surface area (Å²) in [5, 5.41) is 53.2. The van der Waals surface area contributed by atoms with Crippen molar-refractivity contribution in [1.29, 1.82) is 0 Å². The lowest BCUT2D eigenvalue weighted by molar-refractivity contribution is -0.321. The molecule has 0 radical (unpaired) electrons. The highest BCUT2D eigenvalue weighted by Gasteiger charge is 2.71. The fourth-order valence-corrected chi connectivity index (χ4v) is 11.1. The Morgan fingerprint density at radius 1 is 1.00 bits per heavy atom. The molecule has 4 aliphatic carbocycles. The molecule has 9 nitrogen and oxygen atoms in total. The Bertz CT molecular complexity index is 1180. The van der Waals surface area contributed by atoms with Gasteiger partial charge in [-0.3, -0.25) is 0 Å². The number of hydrogen-bond acceptors (Lipinski definition) is 9. The van der Waals surface area contributed by atoms with Crippen molar-refractivity contribution in [2.24, 2.45) is 45.3 Å². The Hall–Kier alpha value is -1.17. The van der Waals surface area contributed by atoms with E-state index in [1.165, 1.54) is 11.9 Å². The molecule has 15 atom stereocenters. The van der Waals surface area contributed by atoms with Crippen molar-refractivity contribution in [3.8, 4) is 0 Å². The van der Waals surface area contributed by atoms with Gasteiger partial charge in [-0.1, -0.05) is 57.9 Å². The summed E-state index contributed by atoms with van der Waals surface area (Å²) in [7, 11) is 1.77. The molecule has 3 saturated carbocycles. The molecule has 1 saturated heterocycles. The molecule has 46 heavy (non-hydrogen) atoms. The maximum atomic E-state index is 13.7. The van der Waals surface area contributed by atoms with Crippen LogP contribution in [0.15, 0.2) is 23.3 Å². The molecule has 4 fully saturated rings. The Kier molecular flexibility index (Phi) is 10.2. The highest BCUT2D eigenvalue weighted by atomic mass is 16.7. The summed E-state index contributed by atoms with van der Waals surface area (Å²) in [6.07, 6.45) is 2.98. The molecule has 0 bridgehead atoms. The van der Waals surface area contributed by atoms with Gasteiger partial charge >= 0.3 is 0 Å². The van der Waals surface area contributed by atoms with Crippen molar-refractivity contribution in [3.63, 3.8) is 0 Å². The van der Waals surface area contributed by atoms with Crippen molar-refractivity contribution in [2.45, 2.75) is 142 Å². The number of hydrogen-bond donors (Lipinski definition) is 5. The SMILES string of the molecule is COC(C=C(C)C)CC(C)C1CCC2(C)C3C(OC4OC(CO)C(O)C(O)C4O)C=C4C(CCC(O)C4(C)C)C3(C=O)CCC12C. The number of fused-ring (bicyclic) bond motifs is 5. The first-order chi connectivity index (χ1) is 21.5. The van der Waals surface area contributed by atoms with Gasteiger partial charge in [0.05, 0.1) is 24.9 Å². The second-order valence-electron chi connectivity index (χ2n) is 16.7. The van der Waals surface area contributed by atoms with Crippen molar-refractivity contribution in [3.05, 3.63) is 23.3 Å². The summed E-state index contributed by atoms with van der Waals surface area (Å²) >= 11 is 0. The first-order valence-electron chi connectivity index (χ1n) is 17.5. The largest absolute Gasteiger partial charge is 0.394 e. The van der Waals surface area contributed by atoms with Crippen LogP contribution in [0.2, 0.25) is 0 Å². The number of aldehydes is 1. The molecule has 5 aliphatic rings. The lowest BCUT2D eigenvalue weighted by Gasteiger charge is -2.66. The maximum Gasteiger partial charge on any atom is 0.187 e. The summed E-state index contributed by atoms with van der Waals surface area (Å²) in [5.41, 5.74) is 0.473. The van der Waals surface area contributed by atoms with Gasteiger partial charge in [0.25, 0.3) is 0 Å². The minimum absolute atomic E-state index is 0.0338. The van der Waals surface area contributed by atoms with Crippen LogP contribution in [0.4, 0.5) is 0 Å². The topological polar surface area (TPSA) is 146 Å². The van der Waals surface area contributed by atoms with Crippen molar-refractivity contribution in [2.75, 3.05) is 13.7 Å². The van der Waals surface area contributed by atoms with Gasteiger partial charge in [0.2, 0.25) is 0 Å². The molecule has 1 heterocycles. The first kappa shape index (κ1) is 36.1. The molecule has 1 aliphatic heterocycles. The fraction of sp³-hybridized carbons (Fsp3) is 0.865.